The van der Waals surface area contributed by atoms with Crippen LogP contribution >= 0.6 is 43.2 Å². The first-order valence-corrected chi connectivity index (χ1v) is 7.13. The lowest BCUT2D eigenvalue weighted by Gasteiger charge is -2.04. The summed E-state index contributed by atoms with van der Waals surface area (Å²) < 4.78 is 7.00. The van der Waals surface area contributed by atoms with E-state index in [0.717, 1.165) is 8.95 Å². The van der Waals surface area contributed by atoms with E-state index in [0.29, 0.717) is 10.6 Å². The monoisotopic (exact) mass is 375 g/mol. The minimum atomic E-state index is -0.0492. The number of nitrogens with zero attached hydrogens (tertiary/aromatic N) is 1. The molecule has 0 unspecified atom stereocenters. The van der Waals surface area contributed by atoms with Gasteiger partial charge in [0.05, 0.1) is 11.1 Å². The Morgan fingerprint density at radius 2 is 2.24 bits per heavy atom. The van der Waals surface area contributed by atoms with Gasteiger partial charge in [0.1, 0.15) is 5.75 Å². The molecule has 6 heteroatoms. The zero-order valence-electron chi connectivity index (χ0n) is 8.52. The van der Waals surface area contributed by atoms with Crippen molar-refractivity contribution >= 4 is 49.0 Å². The van der Waals surface area contributed by atoms with Gasteiger partial charge in [-0.3, -0.25) is 9.78 Å². The third-order valence-electron chi connectivity index (χ3n) is 1.92. The number of aromatic nitrogens is 1. The van der Waals surface area contributed by atoms with Gasteiger partial charge in [-0.05, 0) is 49.4 Å². The number of ether oxygens (including phenoxy) is 1. The molecule has 0 aliphatic rings. The summed E-state index contributed by atoms with van der Waals surface area (Å²) in [5.41, 5.74) is 0. The lowest BCUT2D eigenvalue weighted by Crippen LogP contribution is -2.10. The Morgan fingerprint density at radius 1 is 1.41 bits per heavy atom. The molecule has 0 saturated heterocycles. The molecule has 2 rings (SSSR count). The summed E-state index contributed by atoms with van der Waals surface area (Å²) in [6.45, 7) is 0.0112. The number of Topliss-reactive ketones (excluding diaryl/α,β-unsaturated/α-hetero) is 1. The highest BCUT2D eigenvalue weighted by Gasteiger charge is 2.12. The minimum Gasteiger partial charge on any atom is -0.484 e. The number of carbonyl (C=O) groups excluding carboxylic acids is 1. The Bertz CT molecular complexity index is 542. The Kier molecular flexibility index (Phi) is 4.31. The van der Waals surface area contributed by atoms with Gasteiger partial charge in [0, 0.05) is 15.1 Å². The fraction of sp³-hybridized carbons (Fsp3) is 0.0909. The molecule has 0 aliphatic carbocycles. The topological polar surface area (TPSA) is 39.2 Å². The van der Waals surface area contributed by atoms with Crippen molar-refractivity contribution in [1.29, 1.82) is 0 Å². The van der Waals surface area contributed by atoms with Gasteiger partial charge in [0.25, 0.3) is 0 Å². The lowest BCUT2D eigenvalue weighted by molar-refractivity contribution is 0.0924. The number of pyridine rings is 1. The maximum Gasteiger partial charge on any atom is 0.211 e. The van der Waals surface area contributed by atoms with Crippen molar-refractivity contribution in [2.24, 2.45) is 0 Å². The van der Waals surface area contributed by atoms with Gasteiger partial charge in [-0.1, -0.05) is 0 Å². The second kappa shape index (κ2) is 5.75. The summed E-state index contributed by atoms with van der Waals surface area (Å²) >= 11 is 8.00. The summed E-state index contributed by atoms with van der Waals surface area (Å²) in [7, 11) is 0. The number of rotatable bonds is 4. The largest absolute Gasteiger partial charge is 0.484 e. The van der Waals surface area contributed by atoms with E-state index >= 15 is 0 Å². The molecule has 0 aliphatic heterocycles. The summed E-state index contributed by atoms with van der Waals surface area (Å²) in [5.74, 6) is 0.521. The zero-order chi connectivity index (χ0) is 12.3. The van der Waals surface area contributed by atoms with Crippen molar-refractivity contribution in [2.75, 3.05) is 6.61 Å². The van der Waals surface area contributed by atoms with Crippen molar-refractivity contribution in [3.8, 4) is 5.75 Å². The number of ketones is 1. The van der Waals surface area contributed by atoms with E-state index in [2.05, 4.69) is 36.8 Å². The van der Waals surface area contributed by atoms with E-state index in [1.54, 1.807) is 18.5 Å². The predicted molar refractivity (Wildman–Crippen MR) is 73.8 cm³/mol. The van der Waals surface area contributed by atoms with Gasteiger partial charge < -0.3 is 4.74 Å². The molecule has 0 fully saturated rings. The number of hydrogen-bond acceptors (Lipinski definition) is 4. The third-order valence-corrected chi connectivity index (χ3v) is 4.23. The third kappa shape index (κ3) is 3.37. The minimum absolute atomic E-state index is 0.0112. The average molecular weight is 377 g/mol. The SMILES string of the molecule is O=C(COc1cncc(Br)c1)c1sccc1Br. The second-order valence-electron chi connectivity index (χ2n) is 3.15. The van der Waals surface area contributed by atoms with E-state index in [-0.39, 0.29) is 12.4 Å². The molecule has 88 valence electrons. The van der Waals surface area contributed by atoms with Crippen molar-refractivity contribution < 1.29 is 9.53 Å². The van der Waals surface area contributed by atoms with E-state index in [1.165, 1.54) is 11.3 Å². The zero-order valence-corrected chi connectivity index (χ0v) is 12.5. The molecule has 0 N–H and O–H groups in total. The van der Waals surface area contributed by atoms with Gasteiger partial charge >= 0.3 is 0 Å². The standard InChI is InChI=1S/C11H7Br2NO2S/c12-7-3-8(5-14-4-7)16-6-10(15)11-9(13)1-2-17-11/h1-5H,6H2. The second-order valence-corrected chi connectivity index (χ2v) is 5.83. The number of thiophene rings is 1. The molecule has 2 aromatic rings. The maximum atomic E-state index is 11.8. The van der Waals surface area contributed by atoms with Crippen molar-refractivity contribution in [2.45, 2.75) is 0 Å². The van der Waals surface area contributed by atoms with Gasteiger partial charge in [0.15, 0.2) is 6.61 Å². The molecule has 0 atom stereocenters. The van der Waals surface area contributed by atoms with Crippen molar-refractivity contribution in [3.05, 3.63) is 43.7 Å². The van der Waals surface area contributed by atoms with Crippen LogP contribution in [0.2, 0.25) is 0 Å². The normalized spacial score (nSPS) is 10.2. The van der Waals surface area contributed by atoms with Crippen LogP contribution in [0.5, 0.6) is 5.75 Å². The number of halogens is 2. The van der Waals surface area contributed by atoms with Gasteiger partial charge in [-0.15, -0.1) is 11.3 Å². The molecule has 0 saturated carbocycles. The quantitative estimate of drug-likeness (QED) is 0.759. The first-order chi connectivity index (χ1) is 8.16. The number of hydrogen-bond donors (Lipinski definition) is 0. The summed E-state index contributed by atoms with van der Waals surface area (Å²) in [6, 6.07) is 3.61. The fourth-order valence-electron chi connectivity index (χ4n) is 1.18. The van der Waals surface area contributed by atoms with E-state index in [4.69, 9.17) is 4.74 Å². The number of carbonyl (C=O) groups is 1. The van der Waals surface area contributed by atoms with Gasteiger partial charge in [-0.25, -0.2) is 0 Å². The Labute approximate surface area is 119 Å². The maximum absolute atomic E-state index is 11.8. The van der Waals surface area contributed by atoms with E-state index in [1.807, 2.05) is 11.4 Å². The van der Waals surface area contributed by atoms with Crippen LogP contribution in [0.3, 0.4) is 0 Å². The van der Waals surface area contributed by atoms with E-state index in [9.17, 15) is 4.79 Å². The van der Waals surface area contributed by atoms with Gasteiger partial charge in [-0.2, -0.15) is 0 Å². The molecular weight excluding hydrogens is 370 g/mol. The van der Waals surface area contributed by atoms with Crippen LogP contribution < -0.4 is 4.74 Å². The fourth-order valence-corrected chi connectivity index (χ4v) is 3.04. The highest BCUT2D eigenvalue weighted by molar-refractivity contribution is 9.10. The van der Waals surface area contributed by atoms with Crippen LogP contribution in [0, 0.1) is 0 Å². The van der Waals surface area contributed by atoms with Crippen LogP contribution in [0.1, 0.15) is 9.67 Å². The summed E-state index contributed by atoms with van der Waals surface area (Å²) in [5, 5.41) is 1.86. The van der Waals surface area contributed by atoms with Crippen LogP contribution in [0.4, 0.5) is 0 Å². The Morgan fingerprint density at radius 3 is 2.88 bits per heavy atom. The Balaban J connectivity index is 1.99. The molecule has 0 radical (unpaired) electrons. The molecule has 2 heterocycles. The molecular formula is C11H7Br2NO2S. The summed E-state index contributed by atoms with van der Waals surface area (Å²) in [4.78, 5) is 16.4. The Hall–Kier alpha value is -0.720. The molecule has 0 bridgehead atoms. The van der Waals surface area contributed by atoms with E-state index < -0.39 is 0 Å². The highest BCUT2D eigenvalue weighted by atomic mass is 79.9. The smallest absolute Gasteiger partial charge is 0.211 e. The van der Waals surface area contributed by atoms with Crippen LogP contribution in [-0.2, 0) is 0 Å². The highest BCUT2D eigenvalue weighted by Crippen LogP contribution is 2.23. The van der Waals surface area contributed by atoms with Crippen molar-refractivity contribution in [1.82, 2.24) is 4.98 Å². The molecule has 0 spiro atoms. The van der Waals surface area contributed by atoms with Crippen LogP contribution in [0.15, 0.2) is 38.9 Å². The predicted octanol–water partition coefficient (Wildman–Crippen LogP) is 3.93. The first kappa shape index (κ1) is 12.7. The molecule has 0 amide bonds. The average Bonchev–Trinajstić information content (AvgIpc) is 2.72. The van der Waals surface area contributed by atoms with Crippen LogP contribution in [0.25, 0.3) is 0 Å². The molecule has 0 aromatic carbocycles. The molecule has 3 nitrogen and oxygen atoms in total. The van der Waals surface area contributed by atoms with Crippen LogP contribution in [-0.4, -0.2) is 17.4 Å². The lowest BCUT2D eigenvalue weighted by atomic mass is 10.3. The summed E-state index contributed by atoms with van der Waals surface area (Å²) in [6.07, 6.45) is 3.23. The molecule has 17 heavy (non-hydrogen) atoms. The first-order valence-electron chi connectivity index (χ1n) is 4.66. The molecule has 2 aromatic heterocycles. The van der Waals surface area contributed by atoms with Gasteiger partial charge in [0.2, 0.25) is 5.78 Å². The van der Waals surface area contributed by atoms with Crippen molar-refractivity contribution in [3.63, 3.8) is 0 Å².